The molecule has 2 heterocycles. The normalized spacial score (nSPS) is 11.2. The van der Waals surface area contributed by atoms with Gasteiger partial charge in [0.1, 0.15) is 0 Å². The van der Waals surface area contributed by atoms with Crippen LogP contribution in [0.25, 0.3) is 22.2 Å². The maximum Gasteiger partial charge on any atom is 0.183 e. The van der Waals surface area contributed by atoms with Crippen LogP contribution in [0.4, 0.5) is 5.13 Å². The number of aryl methyl sites for hydroxylation is 1. The van der Waals surface area contributed by atoms with E-state index in [2.05, 4.69) is 47.7 Å². The van der Waals surface area contributed by atoms with Gasteiger partial charge in [0.2, 0.25) is 0 Å². The van der Waals surface area contributed by atoms with Crippen LogP contribution >= 0.6 is 11.3 Å². The molecule has 3 aromatic rings. The summed E-state index contributed by atoms with van der Waals surface area (Å²) in [4.78, 5) is 9.31. The van der Waals surface area contributed by atoms with Crippen molar-refractivity contribution in [2.75, 3.05) is 11.9 Å². The second kappa shape index (κ2) is 5.82. The standard InChI is InChI=1S/C17H19N3S/c1-11(2)9-18-17-20-16(10-21-17)14-8-12(3)19-15-7-5-4-6-13(14)15/h4-8,10-11H,9H2,1-3H3,(H,18,20). The molecule has 108 valence electrons. The van der Waals surface area contributed by atoms with Gasteiger partial charge in [0, 0.05) is 28.6 Å². The molecule has 4 heteroatoms. The number of hydrogen-bond acceptors (Lipinski definition) is 4. The van der Waals surface area contributed by atoms with Crippen LogP contribution < -0.4 is 5.32 Å². The van der Waals surface area contributed by atoms with Gasteiger partial charge < -0.3 is 5.32 Å². The monoisotopic (exact) mass is 297 g/mol. The highest BCUT2D eigenvalue weighted by Gasteiger charge is 2.10. The zero-order valence-corrected chi connectivity index (χ0v) is 13.4. The minimum atomic E-state index is 0.612. The molecule has 0 amide bonds. The van der Waals surface area contributed by atoms with E-state index in [4.69, 9.17) is 4.98 Å². The molecule has 0 radical (unpaired) electrons. The minimum absolute atomic E-state index is 0.612. The summed E-state index contributed by atoms with van der Waals surface area (Å²) in [6.45, 7) is 7.37. The smallest absolute Gasteiger partial charge is 0.183 e. The second-order valence-electron chi connectivity index (χ2n) is 5.64. The Morgan fingerprint density at radius 3 is 2.81 bits per heavy atom. The number of benzene rings is 1. The first-order valence-electron chi connectivity index (χ1n) is 7.19. The average molecular weight is 297 g/mol. The van der Waals surface area contributed by atoms with Crippen LogP contribution in [0.15, 0.2) is 35.7 Å². The summed E-state index contributed by atoms with van der Waals surface area (Å²) in [7, 11) is 0. The van der Waals surface area contributed by atoms with Gasteiger partial charge in [-0.1, -0.05) is 32.0 Å². The predicted molar refractivity (Wildman–Crippen MR) is 90.9 cm³/mol. The van der Waals surface area contributed by atoms with E-state index in [-0.39, 0.29) is 0 Å². The summed E-state index contributed by atoms with van der Waals surface area (Å²) >= 11 is 1.66. The molecule has 3 nitrogen and oxygen atoms in total. The molecule has 0 saturated heterocycles. The zero-order valence-electron chi connectivity index (χ0n) is 12.6. The average Bonchev–Trinajstić information content (AvgIpc) is 2.93. The third-order valence-electron chi connectivity index (χ3n) is 3.29. The summed E-state index contributed by atoms with van der Waals surface area (Å²) in [6.07, 6.45) is 0. The van der Waals surface area contributed by atoms with Gasteiger partial charge in [0.15, 0.2) is 5.13 Å². The van der Waals surface area contributed by atoms with E-state index < -0.39 is 0 Å². The van der Waals surface area contributed by atoms with Crippen LogP contribution in [0.1, 0.15) is 19.5 Å². The lowest BCUT2D eigenvalue weighted by Crippen LogP contribution is -2.07. The number of fused-ring (bicyclic) bond motifs is 1. The predicted octanol–water partition coefficient (Wildman–Crippen LogP) is 4.73. The maximum atomic E-state index is 4.72. The fourth-order valence-corrected chi connectivity index (χ4v) is 3.01. The fraction of sp³-hybridized carbons (Fsp3) is 0.294. The molecule has 0 unspecified atom stereocenters. The summed E-state index contributed by atoms with van der Waals surface area (Å²) in [6, 6.07) is 10.3. The van der Waals surface area contributed by atoms with Gasteiger partial charge in [0.25, 0.3) is 0 Å². The lowest BCUT2D eigenvalue weighted by molar-refractivity contribution is 0.688. The Hall–Kier alpha value is -1.94. The Balaban J connectivity index is 2.00. The third-order valence-corrected chi connectivity index (χ3v) is 4.09. The lowest BCUT2D eigenvalue weighted by atomic mass is 10.1. The number of nitrogens with zero attached hydrogens (tertiary/aromatic N) is 2. The topological polar surface area (TPSA) is 37.8 Å². The Morgan fingerprint density at radius 2 is 2.00 bits per heavy atom. The van der Waals surface area contributed by atoms with Gasteiger partial charge in [-0.3, -0.25) is 4.98 Å². The number of aromatic nitrogens is 2. The molecule has 0 atom stereocenters. The number of hydrogen-bond donors (Lipinski definition) is 1. The summed E-state index contributed by atoms with van der Waals surface area (Å²) in [5.41, 5.74) is 4.23. The quantitative estimate of drug-likeness (QED) is 0.756. The number of para-hydroxylation sites is 1. The van der Waals surface area contributed by atoms with Crippen molar-refractivity contribution in [1.82, 2.24) is 9.97 Å². The van der Waals surface area contributed by atoms with Crippen molar-refractivity contribution >= 4 is 27.4 Å². The summed E-state index contributed by atoms with van der Waals surface area (Å²) in [5, 5.41) is 7.64. The van der Waals surface area contributed by atoms with Gasteiger partial charge in [-0.2, -0.15) is 0 Å². The number of nitrogens with one attached hydrogen (secondary N) is 1. The highest BCUT2D eigenvalue weighted by molar-refractivity contribution is 7.14. The Bertz CT molecular complexity index is 762. The summed E-state index contributed by atoms with van der Waals surface area (Å²) in [5.74, 6) is 0.612. The van der Waals surface area contributed by atoms with Crippen molar-refractivity contribution < 1.29 is 0 Å². The molecule has 0 fully saturated rings. The van der Waals surface area contributed by atoms with E-state index in [0.29, 0.717) is 5.92 Å². The van der Waals surface area contributed by atoms with E-state index in [1.807, 2.05) is 19.1 Å². The van der Waals surface area contributed by atoms with Crippen molar-refractivity contribution in [2.24, 2.45) is 5.92 Å². The highest BCUT2D eigenvalue weighted by atomic mass is 32.1. The molecule has 1 aromatic carbocycles. The van der Waals surface area contributed by atoms with Gasteiger partial charge in [-0.15, -0.1) is 11.3 Å². The maximum absolute atomic E-state index is 4.72. The number of rotatable bonds is 4. The minimum Gasteiger partial charge on any atom is -0.361 e. The van der Waals surface area contributed by atoms with Crippen LogP contribution in [0, 0.1) is 12.8 Å². The molecule has 1 N–H and O–H groups in total. The van der Waals surface area contributed by atoms with Crippen LogP contribution in [0.5, 0.6) is 0 Å². The Labute approximate surface area is 129 Å². The number of anilines is 1. The van der Waals surface area contributed by atoms with Crippen LogP contribution in [0.3, 0.4) is 0 Å². The second-order valence-corrected chi connectivity index (χ2v) is 6.50. The van der Waals surface area contributed by atoms with Gasteiger partial charge in [-0.05, 0) is 25.0 Å². The van der Waals surface area contributed by atoms with E-state index >= 15 is 0 Å². The zero-order chi connectivity index (χ0) is 14.8. The summed E-state index contributed by atoms with van der Waals surface area (Å²) < 4.78 is 0. The molecule has 2 aromatic heterocycles. The van der Waals surface area contributed by atoms with Gasteiger partial charge >= 0.3 is 0 Å². The third kappa shape index (κ3) is 3.05. The van der Waals surface area contributed by atoms with Gasteiger partial charge in [-0.25, -0.2) is 4.98 Å². The molecular formula is C17H19N3S. The molecular weight excluding hydrogens is 278 g/mol. The number of pyridine rings is 1. The SMILES string of the molecule is Cc1cc(-c2csc(NCC(C)C)n2)c2ccccc2n1. The van der Waals surface area contributed by atoms with Crippen molar-refractivity contribution in [3.63, 3.8) is 0 Å². The van der Waals surface area contributed by atoms with Gasteiger partial charge in [0.05, 0.1) is 11.2 Å². The van der Waals surface area contributed by atoms with Crippen LogP contribution in [-0.2, 0) is 0 Å². The van der Waals surface area contributed by atoms with Crippen LogP contribution in [0.2, 0.25) is 0 Å². The van der Waals surface area contributed by atoms with E-state index in [9.17, 15) is 0 Å². The number of thiazole rings is 1. The molecule has 0 saturated carbocycles. The molecule has 0 bridgehead atoms. The van der Waals surface area contributed by atoms with Crippen molar-refractivity contribution in [2.45, 2.75) is 20.8 Å². The molecule has 0 spiro atoms. The van der Waals surface area contributed by atoms with Crippen molar-refractivity contribution in [1.29, 1.82) is 0 Å². The van der Waals surface area contributed by atoms with Crippen molar-refractivity contribution in [3.8, 4) is 11.3 Å². The van der Waals surface area contributed by atoms with E-state index in [1.165, 1.54) is 0 Å². The largest absolute Gasteiger partial charge is 0.361 e. The molecule has 3 rings (SSSR count). The van der Waals surface area contributed by atoms with E-state index in [1.54, 1.807) is 11.3 Å². The Kier molecular flexibility index (Phi) is 3.88. The molecule has 0 aliphatic heterocycles. The molecule has 0 aliphatic carbocycles. The van der Waals surface area contributed by atoms with Crippen molar-refractivity contribution in [3.05, 3.63) is 41.4 Å². The first-order valence-corrected chi connectivity index (χ1v) is 8.07. The molecule has 21 heavy (non-hydrogen) atoms. The lowest BCUT2D eigenvalue weighted by Gasteiger charge is -2.06. The van der Waals surface area contributed by atoms with E-state index in [0.717, 1.165) is 39.5 Å². The first kappa shape index (κ1) is 14.0. The molecule has 0 aliphatic rings. The first-order chi connectivity index (χ1) is 10.1. The van der Waals surface area contributed by atoms with Crippen LogP contribution in [-0.4, -0.2) is 16.5 Å². The Morgan fingerprint density at radius 1 is 1.19 bits per heavy atom. The fourth-order valence-electron chi connectivity index (χ4n) is 2.29. The highest BCUT2D eigenvalue weighted by Crippen LogP contribution is 2.31.